The average Bonchev–Trinajstić information content (AvgIpc) is 1.97. The van der Waals surface area contributed by atoms with E-state index in [4.69, 9.17) is 0 Å². The molecule has 1 saturated carbocycles. The minimum absolute atomic E-state index is 0.0428. The lowest BCUT2D eigenvalue weighted by Crippen LogP contribution is -2.43. The van der Waals surface area contributed by atoms with Crippen molar-refractivity contribution in [3.63, 3.8) is 0 Å². The molecule has 66 valence electrons. The second-order valence-electron chi connectivity index (χ2n) is 3.99. The number of hydrogen-bond donors (Lipinski definition) is 2. The predicted molar refractivity (Wildman–Crippen MR) is 44.1 cm³/mol. The Labute approximate surface area is 68.2 Å². The van der Waals surface area contributed by atoms with Crippen LogP contribution in [-0.4, -0.2) is 22.4 Å². The summed E-state index contributed by atoms with van der Waals surface area (Å²) in [6, 6.07) is 0. The molecule has 1 fully saturated rings. The molecule has 0 aromatic heterocycles. The maximum absolute atomic E-state index is 9.63. The molecule has 0 bridgehead atoms. The van der Waals surface area contributed by atoms with Crippen molar-refractivity contribution in [1.82, 2.24) is 0 Å². The van der Waals surface area contributed by atoms with Gasteiger partial charge in [0.05, 0.1) is 12.2 Å². The van der Waals surface area contributed by atoms with E-state index in [1.165, 1.54) is 0 Å². The first-order chi connectivity index (χ1) is 5.04. The number of rotatable bonds is 0. The predicted octanol–water partition coefficient (Wildman–Crippen LogP) is 1.02. The van der Waals surface area contributed by atoms with Gasteiger partial charge in [0.1, 0.15) is 0 Å². The van der Waals surface area contributed by atoms with Gasteiger partial charge in [0.2, 0.25) is 0 Å². The highest BCUT2D eigenvalue weighted by Crippen LogP contribution is 2.33. The summed E-state index contributed by atoms with van der Waals surface area (Å²) < 4.78 is 0. The maximum Gasteiger partial charge on any atom is 0.0618 e. The van der Waals surface area contributed by atoms with Crippen molar-refractivity contribution in [1.29, 1.82) is 0 Å². The van der Waals surface area contributed by atoms with Crippen LogP contribution in [0.2, 0.25) is 0 Å². The van der Waals surface area contributed by atoms with E-state index in [1.54, 1.807) is 0 Å². The highest BCUT2D eigenvalue weighted by Gasteiger charge is 2.36. The Morgan fingerprint density at radius 2 is 1.55 bits per heavy atom. The van der Waals surface area contributed by atoms with Crippen molar-refractivity contribution in [3.05, 3.63) is 0 Å². The highest BCUT2D eigenvalue weighted by atomic mass is 16.3. The fourth-order valence-corrected chi connectivity index (χ4v) is 1.85. The number of aliphatic hydroxyl groups excluding tert-OH is 2. The molecule has 2 heteroatoms. The molecule has 2 N–H and O–H groups in total. The third-order valence-electron chi connectivity index (χ3n) is 3.20. The molecule has 0 aromatic carbocycles. The molecule has 1 aliphatic carbocycles. The molecule has 5 unspecified atom stereocenters. The molecule has 0 aliphatic heterocycles. The van der Waals surface area contributed by atoms with E-state index in [2.05, 4.69) is 13.8 Å². The summed E-state index contributed by atoms with van der Waals surface area (Å²) in [5.41, 5.74) is 0. The standard InChI is InChI=1S/C9H18O2/c1-5-4-8(10)7(3)9(11)6(5)2/h5-11H,4H2,1-3H3. The molecular formula is C9H18O2. The van der Waals surface area contributed by atoms with Crippen LogP contribution in [0.3, 0.4) is 0 Å². The average molecular weight is 158 g/mol. The Balaban J connectivity index is 2.63. The highest BCUT2D eigenvalue weighted by molar-refractivity contribution is 4.86. The van der Waals surface area contributed by atoms with Gasteiger partial charge >= 0.3 is 0 Å². The van der Waals surface area contributed by atoms with Gasteiger partial charge in [-0.2, -0.15) is 0 Å². The Morgan fingerprint density at radius 3 is 2.09 bits per heavy atom. The van der Waals surface area contributed by atoms with Crippen LogP contribution < -0.4 is 0 Å². The zero-order chi connectivity index (χ0) is 8.59. The van der Waals surface area contributed by atoms with Gasteiger partial charge in [-0.3, -0.25) is 0 Å². The van der Waals surface area contributed by atoms with Crippen LogP contribution in [0.25, 0.3) is 0 Å². The van der Waals surface area contributed by atoms with Gasteiger partial charge in [-0.05, 0) is 18.3 Å². The molecule has 0 saturated heterocycles. The van der Waals surface area contributed by atoms with Gasteiger partial charge < -0.3 is 10.2 Å². The van der Waals surface area contributed by atoms with E-state index in [9.17, 15) is 10.2 Å². The molecule has 1 rings (SSSR count). The maximum atomic E-state index is 9.63. The third kappa shape index (κ3) is 1.57. The fourth-order valence-electron chi connectivity index (χ4n) is 1.85. The lowest BCUT2D eigenvalue weighted by Gasteiger charge is -2.38. The smallest absolute Gasteiger partial charge is 0.0618 e. The Bertz CT molecular complexity index is 122. The van der Waals surface area contributed by atoms with Gasteiger partial charge in [-0.15, -0.1) is 0 Å². The number of hydrogen-bond acceptors (Lipinski definition) is 2. The van der Waals surface area contributed by atoms with Gasteiger partial charge in [0, 0.05) is 5.92 Å². The van der Waals surface area contributed by atoms with E-state index >= 15 is 0 Å². The van der Waals surface area contributed by atoms with Crippen molar-refractivity contribution < 1.29 is 10.2 Å². The van der Waals surface area contributed by atoms with Crippen LogP contribution in [0, 0.1) is 17.8 Å². The minimum atomic E-state index is -0.325. The molecule has 5 atom stereocenters. The second kappa shape index (κ2) is 3.11. The monoisotopic (exact) mass is 158 g/mol. The van der Waals surface area contributed by atoms with Gasteiger partial charge in [0.15, 0.2) is 0 Å². The quantitative estimate of drug-likeness (QED) is 0.552. The van der Waals surface area contributed by atoms with E-state index in [1.807, 2.05) is 6.92 Å². The molecule has 0 amide bonds. The first kappa shape index (κ1) is 9.01. The normalized spacial score (nSPS) is 52.6. The SMILES string of the molecule is CC1CC(O)C(C)C(O)C1C. The first-order valence-corrected chi connectivity index (χ1v) is 4.40. The minimum Gasteiger partial charge on any atom is -0.393 e. The Kier molecular flexibility index (Phi) is 2.55. The van der Waals surface area contributed by atoms with Crippen molar-refractivity contribution in [2.45, 2.75) is 39.4 Å². The zero-order valence-corrected chi connectivity index (χ0v) is 7.49. The van der Waals surface area contributed by atoms with Crippen LogP contribution in [0.1, 0.15) is 27.2 Å². The number of aliphatic hydroxyl groups is 2. The summed E-state index contributed by atoms with van der Waals surface area (Å²) >= 11 is 0. The summed E-state index contributed by atoms with van der Waals surface area (Å²) in [5.74, 6) is 0.811. The molecule has 0 heterocycles. The van der Waals surface area contributed by atoms with Gasteiger partial charge in [0.25, 0.3) is 0 Å². The van der Waals surface area contributed by atoms with Crippen molar-refractivity contribution >= 4 is 0 Å². The second-order valence-corrected chi connectivity index (χ2v) is 3.99. The zero-order valence-electron chi connectivity index (χ0n) is 7.49. The largest absolute Gasteiger partial charge is 0.393 e. The summed E-state index contributed by atoms with van der Waals surface area (Å²) in [5, 5.41) is 19.1. The van der Waals surface area contributed by atoms with Crippen molar-refractivity contribution in [2.75, 3.05) is 0 Å². The van der Waals surface area contributed by atoms with Crippen molar-refractivity contribution in [2.24, 2.45) is 17.8 Å². The van der Waals surface area contributed by atoms with Crippen LogP contribution in [-0.2, 0) is 0 Å². The van der Waals surface area contributed by atoms with Gasteiger partial charge in [-0.25, -0.2) is 0 Å². The van der Waals surface area contributed by atoms with Crippen LogP contribution in [0.5, 0.6) is 0 Å². The van der Waals surface area contributed by atoms with Crippen molar-refractivity contribution in [3.8, 4) is 0 Å². The van der Waals surface area contributed by atoms with E-state index < -0.39 is 0 Å². The lowest BCUT2D eigenvalue weighted by atomic mass is 9.73. The molecule has 0 aromatic rings. The van der Waals surface area contributed by atoms with Crippen LogP contribution in [0.4, 0.5) is 0 Å². The van der Waals surface area contributed by atoms with E-state index in [0.29, 0.717) is 11.8 Å². The fraction of sp³-hybridized carbons (Fsp3) is 1.00. The lowest BCUT2D eigenvalue weighted by molar-refractivity contribution is -0.0672. The molecule has 11 heavy (non-hydrogen) atoms. The first-order valence-electron chi connectivity index (χ1n) is 4.40. The van der Waals surface area contributed by atoms with Crippen LogP contribution >= 0.6 is 0 Å². The Morgan fingerprint density at radius 1 is 1.00 bits per heavy atom. The topological polar surface area (TPSA) is 40.5 Å². The molecule has 1 aliphatic rings. The third-order valence-corrected chi connectivity index (χ3v) is 3.20. The summed E-state index contributed by atoms with van der Waals surface area (Å²) in [7, 11) is 0. The Hall–Kier alpha value is -0.0800. The van der Waals surface area contributed by atoms with E-state index in [0.717, 1.165) is 6.42 Å². The summed E-state index contributed by atoms with van der Waals surface area (Å²) in [4.78, 5) is 0. The molecule has 0 spiro atoms. The van der Waals surface area contributed by atoms with Crippen LogP contribution in [0.15, 0.2) is 0 Å². The summed E-state index contributed by atoms with van der Waals surface area (Å²) in [6.45, 7) is 6.05. The molecule has 2 nitrogen and oxygen atoms in total. The molecule has 0 radical (unpaired) electrons. The summed E-state index contributed by atoms with van der Waals surface area (Å²) in [6.07, 6.45) is 0.198. The van der Waals surface area contributed by atoms with E-state index in [-0.39, 0.29) is 18.1 Å². The molecular weight excluding hydrogens is 140 g/mol. The van der Waals surface area contributed by atoms with Gasteiger partial charge in [-0.1, -0.05) is 20.8 Å².